The predicted octanol–water partition coefficient (Wildman–Crippen LogP) is 11.1. The smallest absolute Gasteiger partial charge is 0.166 e. The van der Waals surface area contributed by atoms with Crippen LogP contribution in [0.3, 0.4) is 0 Å². The van der Waals surface area contributed by atoms with Gasteiger partial charge >= 0.3 is 12.4 Å². The van der Waals surface area contributed by atoms with Crippen LogP contribution in [0.1, 0.15) is 58.3 Å². The highest BCUT2D eigenvalue weighted by molar-refractivity contribution is 6.80. The van der Waals surface area contributed by atoms with Crippen LogP contribution in [0.15, 0.2) is 84.9 Å². The Balaban J connectivity index is 1.45. The van der Waals surface area contributed by atoms with Gasteiger partial charge in [-0.1, -0.05) is 99.7 Å². The van der Waals surface area contributed by atoms with Gasteiger partial charge in [0.15, 0.2) is 0 Å². The van der Waals surface area contributed by atoms with Gasteiger partial charge in [0.05, 0.1) is 19.2 Å². The molecule has 4 aromatic rings. The van der Waals surface area contributed by atoms with Gasteiger partial charge in [0, 0.05) is 0 Å². The molecule has 6 rings (SSSR count). The number of hydrogen-bond acceptors (Lipinski definition) is 0. The lowest BCUT2D eigenvalue weighted by Gasteiger charge is -2.41. The van der Waals surface area contributed by atoms with Gasteiger partial charge in [-0.05, 0) is 92.4 Å². The van der Waals surface area contributed by atoms with E-state index in [1.807, 2.05) is 24.3 Å². The van der Waals surface area contributed by atoms with Gasteiger partial charge in [0.1, 0.15) is 0 Å². The van der Waals surface area contributed by atoms with Crippen molar-refractivity contribution in [3.8, 4) is 22.3 Å². The molecule has 0 aromatic heterocycles. The Morgan fingerprint density at radius 1 is 0.512 bits per heavy atom. The molecule has 4 atom stereocenters. The zero-order valence-electron chi connectivity index (χ0n) is 24.6. The van der Waals surface area contributed by atoms with E-state index in [0.717, 1.165) is 34.4 Å². The third-order valence-electron chi connectivity index (χ3n) is 9.93. The molecule has 0 aliphatic heterocycles. The van der Waals surface area contributed by atoms with Crippen LogP contribution < -0.4 is 0 Å². The minimum absolute atomic E-state index is 0.199. The van der Waals surface area contributed by atoms with E-state index in [2.05, 4.69) is 39.1 Å². The van der Waals surface area contributed by atoms with E-state index in [4.69, 9.17) is 0 Å². The highest BCUT2D eigenvalue weighted by Crippen LogP contribution is 2.56. The van der Waals surface area contributed by atoms with Crippen molar-refractivity contribution >= 4 is 8.07 Å². The maximum absolute atomic E-state index is 14.0. The second-order valence-corrected chi connectivity index (χ2v) is 17.9. The molecule has 4 aromatic carbocycles. The fourth-order valence-electron chi connectivity index (χ4n) is 8.64. The van der Waals surface area contributed by atoms with Gasteiger partial charge in [-0.25, -0.2) is 0 Å². The third kappa shape index (κ3) is 4.94. The molecule has 224 valence electrons. The van der Waals surface area contributed by atoms with Crippen LogP contribution in [0.25, 0.3) is 22.3 Å². The number of alkyl halides is 6. The Kier molecular flexibility index (Phi) is 7.19. The second kappa shape index (κ2) is 10.4. The molecule has 7 heteroatoms. The first kappa shape index (κ1) is 29.7. The van der Waals surface area contributed by atoms with Crippen LogP contribution in [0.5, 0.6) is 0 Å². The summed E-state index contributed by atoms with van der Waals surface area (Å²) in [6, 6.07) is 23.2. The van der Waals surface area contributed by atoms with Gasteiger partial charge in [0.2, 0.25) is 0 Å². The van der Waals surface area contributed by atoms with Crippen molar-refractivity contribution in [1.29, 1.82) is 0 Å². The third-order valence-corrected chi connectivity index (χ3v) is 14.9. The molecule has 43 heavy (non-hydrogen) atoms. The standard InChI is InChI=1S/C36H34F6Si/c1-21-19-29-23(25-11-5-7-17-31(25)35(37,38)39)13-9-15-27(29)33(21)43(3,4)34-22(2)20-30-24(14-10-16-28(30)34)26-12-6-8-18-32(26)36(40,41)42/h5-18,21-22,33-34H,19-20H2,1-4H3. The molecule has 0 N–H and O–H groups in total. The molecule has 0 amide bonds. The van der Waals surface area contributed by atoms with Crippen LogP contribution in [-0.2, 0) is 25.2 Å². The Morgan fingerprint density at radius 2 is 0.860 bits per heavy atom. The maximum Gasteiger partial charge on any atom is 0.417 e. The van der Waals surface area contributed by atoms with E-state index < -0.39 is 31.6 Å². The average Bonchev–Trinajstić information content (AvgIpc) is 3.48. The van der Waals surface area contributed by atoms with Crippen molar-refractivity contribution in [2.45, 2.75) is 63.2 Å². The summed E-state index contributed by atoms with van der Waals surface area (Å²) in [7, 11) is -2.26. The molecule has 4 unspecified atom stereocenters. The predicted molar refractivity (Wildman–Crippen MR) is 162 cm³/mol. The van der Waals surface area contributed by atoms with E-state index in [9.17, 15) is 26.3 Å². The highest BCUT2D eigenvalue weighted by atomic mass is 28.3. The average molecular weight is 609 g/mol. The van der Waals surface area contributed by atoms with Crippen LogP contribution in [0, 0.1) is 11.8 Å². The van der Waals surface area contributed by atoms with Gasteiger partial charge in [-0.2, -0.15) is 26.3 Å². The van der Waals surface area contributed by atoms with Gasteiger partial charge in [0.25, 0.3) is 0 Å². The summed E-state index contributed by atoms with van der Waals surface area (Å²) in [6.45, 7) is 9.14. The molecule has 0 radical (unpaired) electrons. The van der Waals surface area contributed by atoms with E-state index in [0.29, 0.717) is 24.0 Å². The topological polar surface area (TPSA) is 0 Å². The number of benzene rings is 4. The molecule has 0 heterocycles. The van der Waals surface area contributed by atoms with Crippen LogP contribution in [0.2, 0.25) is 13.1 Å². The molecule has 0 nitrogen and oxygen atoms in total. The number of hydrogen-bond donors (Lipinski definition) is 0. The summed E-state index contributed by atoms with van der Waals surface area (Å²) in [5, 5.41) is 0. The van der Waals surface area contributed by atoms with E-state index in [1.165, 1.54) is 12.1 Å². The van der Waals surface area contributed by atoms with Crippen molar-refractivity contribution in [1.82, 2.24) is 0 Å². The Hall–Kier alpha value is -3.32. The normalized spacial score (nSPS) is 22.0. The van der Waals surface area contributed by atoms with Crippen molar-refractivity contribution < 1.29 is 26.3 Å². The molecule has 0 saturated heterocycles. The molecule has 0 saturated carbocycles. The monoisotopic (exact) mass is 608 g/mol. The van der Waals surface area contributed by atoms with Crippen molar-refractivity contribution in [2.24, 2.45) is 11.8 Å². The van der Waals surface area contributed by atoms with E-state index in [-0.39, 0.29) is 34.0 Å². The minimum Gasteiger partial charge on any atom is -0.166 e. The first-order chi connectivity index (χ1) is 20.2. The largest absolute Gasteiger partial charge is 0.417 e. The number of fused-ring (bicyclic) bond motifs is 2. The van der Waals surface area contributed by atoms with Crippen molar-refractivity contribution in [3.05, 3.63) is 118 Å². The fourth-order valence-corrected chi connectivity index (χ4v) is 14.3. The lowest BCUT2D eigenvalue weighted by atomic mass is 9.93. The lowest BCUT2D eigenvalue weighted by Crippen LogP contribution is -2.45. The van der Waals surface area contributed by atoms with Gasteiger partial charge in [-0.15, -0.1) is 0 Å². The Morgan fingerprint density at radius 3 is 1.23 bits per heavy atom. The summed E-state index contributed by atoms with van der Waals surface area (Å²) in [5.74, 6) is 0.475. The zero-order valence-corrected chi connectivity index (χ0v) is 25.6. The lowest BCUT2D eigenvalue weighted by molar-refractivity contribution is -0.137. The molecule has 0 bridgehead atoms. The summed E-state index contributed by atoms with van der Waals surface area (Å²) in [6.07, 6.45) is -7.51. The van der Waals surface area contributed by atoms with Gasteiger partial charge in [-0.3, -0.25) is 0 Å². The Bertz CT molecular complexity index is 1560. The fraction of sp³-hybridized carbons (Fsp3) is 0.333. The van der Waals surface area contributed by atoms with Crippen molar-refractivity contribution in [3.63, 3.8) is 0 Å². The second-order valence-electron chi connectivity index (χ2n) is 13.0. The molecular formula is C36H34F6Si. The molecule has 2 aliphatic carbocycles. The summed E-state index contributed by atoms with van der Waals surface area (Å²) in [4.78, 5) is 0. The minimum atomic E-state index is -4.46. The summed E-state index contributed by atoms with van der Waals surface area (Å²) >= 11 is 0. The molecule has 0 spiro atoms. The van der Waals surface area contributed by atoms with Crippen LogP contribution in [-0.4, -0.2) is 8.07 Å². The summed E-state index contributed by atoms with van der Waals surface area (Å²) < 4.78 is 84.0. The van der Waals surface area contributed by atoms with Crippen LogP contribution in [0.4, 0.5) is 26.3 Å². The SMILES string of the molecule is CC1Cc2c(-c3ccccc3C(F)(F)F)cccc2C1[Si](C)(C)C1c2cccc(-c3ccccc3C(F)(F)F)c2CC1C. The van der Waals surface area contributed by atoms with Gasteiger partial charge < -0.3 is 0 Å². The molecular weight excluding hydrogens is 574 g/mol. The van der Waals surface area contributed by atoms with E-state index in [1.54, 1.807) is 24.3 Å². The van der Waals surface area contributed by atoms with E-state index >= 15 is 0 Å². The molecule has 2 aliphatic rings. The summed E-state index contributed by atoms with van der Waals surface area (Å²) in [5.41, 5.74) is 5.14. The first-order valence-electron chi connectivity index (χ1n) is 14.8. The first-order valence-corrected chi connectivity index (χ1v) is 17.9. The zero-order chi connectivity index (χ0) is 30.9. The van der Waals surface area contributed by atoms with Crippen LogP contribution >= 0.6 is 0 Å². The van der Waals surface area contributed by atoms with Crippen molar-refractivity contribution in [2.75, 3.05) is 0 Å². The quantitative estimate of drug-likeness (QED) is 0.160. The molecule has 0 fully saturated rings. The Labute approximate surface area is 249 Å². The highest BCUT2D eigenvalue weighted by Gasteiger charge is 2.51. The number of rotatable bonds is 4. The maximum atomic E-state index is 14.0. The number of halogens is 6.